The van der Waals surface area contributed by atoms with Gasteiger partial charge in [0.15, 0.2) is 9.84 Å². The summed E-state index contributed by atoms with van der Waals surface area (Å²) in [4.78, 5) is 33.8. The molecule has 4 rings (SSSR count). The summed E-state index contributed by atoms with van der Waals surface area (Å²) in [5.74, 6) is -0.876. The van der Waals surface area contributed by atoms with Gasteiger partial charge >= 0.3 is 0 Å². The molecule has 0 fully saturated rings. The molecule has 2 aromatic carbocycles. The summed E-state index contributed by atoms with van der Waals surface area (Å²) < 4.78 is 46.3. The third-order valence-corrected chi connectivity index (χ3v) is 8.54. The first kappa shape index (κ1) is 29.1. The molecule has 2 heterocycles. The predicted molar refractivity (Wildman–Crippen MR) is 149 cm³/mol. The highest BCUT2D eigenvalue weighted by atomic mass is 32.2. The molecule has 2 unspecified atom stereocenters. The van der Waals surface area contributed by atoms with E-state index in [4.69, 9.17) is 10.3 Å². The average Bonchev–Trinajstić information content (AvgIpc) is 3.29. The van der Waals surface area contributed by atoms with Crippen molar-refractivity contribution >= 4 is 26.8 Å². The van der Waals surface area contributed by atoms with Crippen LogP contribution in [0.4, 0.5) is 4.39 Å². The molecule has 1 amide bonds. The van der Waals surface area contributed by atoms with Crippen LogP contribution in [0.25, 0.3) is 11.1 Å². The first-order chi connectivity index (χ1) is 18.9. The SMILES string of the molecule is Cc1ccc(C(=O)N(CCCN)C(c2nc3onc(C)c3c(=O)n2Cc2ccc(F)cc2)C(C)S(C)(=O)=O)cc1. The number of carbonyl (C=O) groups is 1. The van der Waals surface area contributed by atoms with Crippen LogP contribution in [0.5, 0.6) is 0 Å². The molecular weight excluding hydrogens is 537 g/mol. The van der Waals surface area contributed by atoms with Crippen molar-refractivity contribution in [2.75, 3.05) is 19.3 Å². The number of hydrogen-bond acceptors (Lipinski definition) is 8. The van der Waals surface area contributed by atoms with Crippen LogP contribution in [0.15, 0.2) is 57.8 Å². The minimum atomic E-state index is -3.78. The summed E-state index contributed by atoms with van der Waals surface area (Å²) in [5, 5.41) is 2.84. The van der Waals surface area contributed by atoms with E-state index in [1.807, 2.05) is 6.92 Å². The molecule has 12 heteroatoms. The normalized spacial score (nSPS) is 13.3. The van der Waals surface area contributed by atoms with E-state index in [2.05, 4.69) is 10.1 Å². The fraction of sp³-hybridized carbons (Fsp3) is 0.357. The van der Waals surface area contributed by atoms with Crippen molar-refractivity contribution in [2.24, 2.45) is 5.73 Å². The van der Waals surface area contributed by atoms with E-state index in [-0.39, 0.29) is 36.6 Å². The van der Waals surface area contributed by atoms with Crippen molar-refractivity contribution in [2.45, 2.75) is 45.0 Å². The van der Waals surface area contributed by atoms with Gasteiger partial charge in [-0.1, -0.05) is 35.0 Å². The number of carbonyl (C=O) groups excluding carboxylic acids is 1. The molecule has 10 nitrogen and oxygen atoms in total. The van der Waals surface area contributed by atoms with E-state index in [1.54, 1.807) is 31.2 Å². The Morgan fingerprint density at radius 3 is 2.38 bits per heavy atom. The van der Waals surface area contributed by atoms with Gasteiger partial charge in [0, 0.05) is 18.4 Å². The van der Waals surface area contributed by atoms with Crippen molar-refractivity contribution in [3.8, 4) is 0 Å². The minimum absolute atomic E-state index is 0.00776. The number of amides is 1. The van der Waals surface area contributed by atoms with Crippen LogP contribution in [0, 0.1) is 19.7 Å². The molecule has 40 heavy (non-hydrogen) atoms. The lowest BCUT2D eigenvalue weighted by Crippen LogP contribution is -2.46. The minimum Gasteiger partial charge on any atom is -0.335 e. The molecule has 0 saturated carbocycles. The zero-order valence-electron chi connectivity index (χ0n) is 22.8. The van der Waals surface area contributed by atoms with Gasteiger partial charge in [0.25, 0.3) is 17.2 Å². The average molecular weight is 570 g/mol. The number of fused-ring (bicyclic) bond motifs is 1. The van der Waals surface area contributed by atoms with Crippen molar-refractivity contribution in [3.05, 3.63) is 92.9 Å². The highest BCUT2D eigenvalue weighted by Gasteiger charge is 2.39. The maximum absolute atomic E-state index is 14.0. The van der Waals surface area contributed by atoms with Crippen LogP contribution in [0.2, 0.25) is 0 Å². The Morgan fingerprint density at radius 2 is 1.77 bits per heavy atom. The molecule has 0 spiro atoms. The number of hydrogen-bond donors (Lipinski definition) is 1. The number of sulfone groups is 1. The lowest BCUT2D eigenvalue weighted by molar-refractivity contribution is 0.0659. The maximum atomic E-state index is 14.0. The molecular formula is C28H32FN5O5S. The molecule has 0 saturated heterocycles. The molecule has 0 bridgehead atoms. The molecule has 212 valence electrons. The van der Waals surface area contributed by atoms with Gasteiger partial charge in [0.05, 0.1) is 17.5 Å². The standard InChI is InChI=1S/C28H32FN5O5S/c1-17-6-10-21(11-7-17)27(35)33(15-5-14-30)24(19(3)40(4,37)38)25-31-26-23(18(2)32-39-26)28(36)34(25)16-20-8-12-22(29)13-9-20/h6-13,19,24H,5,14-16,30H2,1-4H3. The molecule has 2 aromatic heterocycles. The molecule has 2 N–H and O–H groups in total. The third-order valence-electron chi connectivity index (χ3n) is 6.93. The quantitative estimate of drug-likeness (QED) is 0.307. The van der Waals surface area contributed by atoms with Crippen LogP contribution in [-0.4, -0.2) is 58.5 Å². The van der Waals surface area contributed by atoms with Crippen LogP contribution in [0.3, 0.4) is 0 Å². The largest absolute Gasteiger partial charge is 0.335 e. The number of aromatic nitrogens is 3. The number of benzene rings is 2. The zero-order valence-corrected chi connectivity index (χ0v) is 23.6. The summed E-state index contributed by atoms with van der Waals surface area (Å²) in [7, 11) is -3.78. The highest BCUT2D eigenvalue weighted by molar-refractivity contribution is 7.91. The fourth-order valence-corrected chi connectivity index (χ4v) is 5.30. The summed E-state index contributed by atoms with van der Waals surface area (Å²) >= 11 is 0. The third kappa shape index (κ3) is 5.97. The molecule has 4 aromatic rings. The second kappa shape index (κ2) is 11.7. The van der Waals surface area contributed by atoms with Crippen LogP contribution >= 0.6 is 0 Å². The number of aryl methyl sites for hydroxylation is 2. The molecule has 0 aliphatic rings. The van der Waals surface area contributed by atoms with Crippen LogP contribution in [0.1, 0.15) is 52.4 Å². The summed E-state index contributed by atoms with van der Waals surface area (Å²) in [6.07, 6.45) is 1.44. The Balaban J connectivity index is 2.00. The molecule has 2 atom stereocenters. The molecule has 0 radical (unpaired) electrons. The zero-order chi connectivity index (χ0) is 29.2. The first-order valence-electron chi connectivity index (χ1n) is 12.8. The molecule has 0 aliphatic heterocycles. The van der Waals surface area contributed by atoms with Crippen LogP contribution in [-0.2, 0) is 16.4 Å². The number of halogens is 1. The Labute approximate surface area is 231 Å². The fourth-order valence-electron chi connectivity index (χ4n) is 4.56. The van der Waals surface area contributed by atoms with E-state index in [0.717, 1.165) is 11.8 Å². The smallest absolute Gasteiger partial charge is 0.267 e. The van der Waals surface area contributed by atoms with E-state index < -0.39 is 38.4 Å². The summed E-state index contributed by atoms with van der Waals surface area (Å²) in [6, 6.07) is 11.3. The Kier molecular flexibility index (Phi) is 8.50. The second-order valence-electron chi connectivity index (χ2n) is 9.92. The van der Waals surface area contributed by atoms with Crippen molar-refractivity contribution < 1.29 is 22.1 Å². The van der Waals surface area contributed by atoms with Gasteiger partial charge in [-0.25, -0.2) is 12.8 Å². The monoisotopic (exact) mass is 569 g/mol. The van der Waals surface area contributed by atoms with Gasteiger partial charge in [0.2, 0.25) is 0 Å². The topological polar surface area (TPSA) is 141 Å². The van der Waals surface area contributed by atoms with E-state index >= 15 is 0 Å². The van der Waals surface area contributed by atoms with Gasteiger partial charge in [-0.3, -0.25) is 14.2 Å². The lowest BCUT2D eigenvalue weighted by Gasteiger charge is -2.35. The van der Waals surface area contributed by atoms with Crippen LogP contribution < -0.4 is 11.3 Å². The van der Waals surface area contributed by atoms with E-state index in [1.165, 1.54) is 40.7 Å². The first-order valence-corrected chi connectivity index (χ1v) is 14.8. The predicted octanol–water partition coefficient (Wildman–Crippen LogP) is 3.15. The number of rotatable bonds is 10. The number of nitrogens with two attached hydrogens (primary N) is 1. The van der Waals surface area contributed by atoms with E-state index in [0.29, 0.717) is 23.2 Å². The van der Waals surface area contributed by atoms with Gasteiger partial charge in [-0.15, -0.1) is 0 Å². The lowest BCUT2D eigenvalue weighted by atomic mass is 10.1. The Hall–Kier alpha value is -3.90. The van der Waals surface area contributed by atoms with Crippen molar-refractivity contribution in [1.82, 2.24) is 19.6 Å². The molecule has 0 aliphatic carbocycles. The van der Waals surface area contributed by atoms with Gasteiger partial charge in [-0.2, -0.15) is 4.98 Å². The van der Waals surface area contributed by atoms with Gasteiger partial charge in [-0.05, 0) is 63.6 Å². The highest BCUT2D eigenvalue weighted by Crippen LogP contribution is 2.30. The second-order valence-corrected chi connectivity index (χ2v) is 12.3. The van der Waals surface area contributed by atoms with E-state index in [9.17, 15) is 22.4 Å². The van der Waals surface area contributed by atoms with Gasteiger partial charge in [0.1, 0.15) is 23.1 Å². The summed E-state index contributed by atoms with van der Waals surface area (Å²) in [6.45, 7) is 5.26. The number of nitrogens with zero attached hydrogens (tertiary/aromatic N) is 4. The van der Waals surface area contributed by atoms with Crippen molar-refractivity contribution in [3.63, 3.8) is 0 Å². The Morgan fingerprint density at radius 1 is 1.12 bits per heavy atom. The van der Waals surface area contributed by atoms with Crippen molar-refractivity contribution in [1.29, 1.82) is 0 Å². The Bertz CT molecular complexity index is 1680. The maximum Gasteiger partial charge on any atom is 0.267 e. The summed E-state index contributed by atoms with van der Waals surface area (Å²) in [5.41, 5.74) is 7.40. The van der Waals surface area contributed by atoms with Gasteiger partial charge < -0.3 is 15.2 Å².